The Balaban J connectivity index is 1.52. The van der Waals surface area contributed by atoms with Gasteiger partial charge in [-0.05, 0) is 25.8 Å². The molecule has 0 atom stereocenters. The predicted octanol–water partition coefficient (Wildman–Crippen LogP) is -0.120. The van der Waals surface area contributed by atoms with Gasteiger partial charge in [0.05, 0.1) is 12.7 Å². The Morgan fingerprint density at radius 1 is 1.35 bits per heavy atom. The Kier molecular flexibility index (Phi) is 4.49. The molecule has 1 amide bonds. The molecule has 1 saturated heterocycles. The molecule has 0 spiro atoms. The number of nitrogens with zero attached hydrogens (tertiary/aromatic N) is 4. The highest BCUT2D eigenvalue weighted by molar-refractivity contribution is 5.78. The molecule has 0 aliphatic carbocycles. The zero-order valence-electron chi connectivity index (χ0n) is 10.0. The Labute approximate surface area is 101 Å². The van der Waals surface area contributed by atoms with Crippen LogP contribution < -0.4 is 5.32 Å². The summed E-state index contributed by atoms with van der Waals surface area (Å²) in [4.78, 5) is 13.6. The van der Waals surface area contributed by atoms with Gasteiger partial charge in [0, 0.05) is 25.8 Å². The van der Waals surface area contributed by atoms with Gasteiger partial charge in [-0.25, -0.2) is 0 Å². The van der Waals surface area contributed by atoms with Crippen molar-refractivity contribution in [1.82, 2.24) is 25.2 Å². The average molecular weight is 237 g/mol. The van der Waals surface area contributed by atoms with Crippen LogP contribution in [0.5, 0.6) is 0 Å². The number of likely N-dealkylation sites (tertiary alicyclic amines) is 1. The van der Waals surface area contributed by atoms with E-state index in [4.69, 9.17) is 0 Å². The molecule has 0 saturated carbocycles. The van der Waals surface area contributed by atoms with Gasteiger partial charge in [0.2, 0.25) is 5.91 Å². The van der Waals surface area contributed by atoms with Crippen LogP contribution in [0, 0.1) is 0 Å². The van der Waals surface area contributed by atoms with Gasteiger partial charge in [0.15, 0.2) is 0 Å². The third kappa shape index (κ3) is 3.81. The van der Waals surface area contributed by atoms with Gasteiger partial charge >= 0.3 is 0 Å². The van der Waals surface area contributed by atoms with Crippen LogP contribution in [0.2, 0.25) is 0 Å². The van der Waals surface area contributed by atoms with E-state index >= 15 is 0 Å². The van der Waals surface area contributed by atoms with Crippen LogP contribution in [0.3, 0.4) is 0 Å². The first-order valence-corrected chi connectivity index (χ1v) is 6.19. The van der Waals surface area contributed by atoms with Gasteiger partial charge in [0.25, 0.3) is 0 Å². The summed E-state index contributed by atoms with van der Waals surface area (Å²) >= 11 is 0. The normalized spacial score (nSPS) is 15.4. The van der Waals surface area contributed by atoms with Crippen molar-refractivity contribution in [2.24, 2.45) is 0 Å². The topological polar surface area (TPSA) is 63.1 Å². The molecule has 1 aliphatic heterocycles. The van der Waals surface area contributed by atoms with E-state index in [1.165, 1.54) is 0 Å². The summed E-state index contributed by atoms with van der Waals surface area (Å²) in [5.41, 5.74) is 0. The van der Waals surface area contributed by atoms with E-state index in [0.29, 0.717) is 6.54 Å². The highest BCUT2D eigenvalue weighted by atomic mass is 16.2. The van der Waals surface area contributed by atoms with Crippen molar-refractivity contribution < 1.29 is 4.79 Å². The predicted molar refractivity (Wildman–Crippen MR) is 63.3 cm³/mol. The lowest BCUT2D eigenvalue weighted by molar-refractivity contribution is -0.129. The number of aromatic nitrogens is 3. The molecule has 1 aromatic rings. The zero-order chi connectivity index (χ0) is 11.9. The van der Waals surface area contributed by atoms with Crippen molar-refractivity contribution >= 4 is 5.91 Å². The van der Waals surface area contributed by atoms with Gasteiger partial charge in [-0.1, -0.05) is 5.21 Å². The molecule has 0 unspecified atom stereocenters. The van der Waals surface area contributed by atoms with Crippen LogP contribution in [-0.2, 0) is 11.3 Å². The first-order chi connectivity index (χ1) is 8.36. The summed E-state index contributed by atoms with van der Waals surface area (Å²) in [6.45, 7) is 3.99. The molecule has 1 fully saturated rings. The number of rotatable bonds is 6. The number of hydrogen-bond acceptors (Lipinski definition) is 4. The van der Waals surface area contributed by atoms with E-state index in [2.05, 4.69) is 15.6 Å². The lowest BCUT2D eigenvalue weighted by Crippen LogP contribution is -2.36. The summed E-state index contributed by atoms with van der Waals surface area (Å²) in [5, 5.41) is 10.8. The fraction of sp³-hybridized carbons (Fsp3) is 0.727. The van der Waals surface area contributed by atoms with Crippen LogP contribution in [-0.4, -0.2) is 52.0 Å². The SMILES string of the molecule is O=C(CNCCCn1ccnn1)N1CCCC1. The second-order valence-electron chi connectivity index (χ2n) is 4.28. The summed E-state index contributed by atoms with van der Waals surface area (Å²) in [7, 11) is 0. The van der Waals surface area contributed by atoms with Crippen molar-refractivity contribution in [3.63, 3.8) is 0 Å². The fourth-order valence-electron chi connectivity index (χ4n) is 1.99. The number of carbonyl (C=O) groups excluding carboxylic acids is 1. The minimum absolute atomic E-state index is 0.225. The standard InChI is InChI=1S/C11H19N5O/c17-11(15-6-1-2-7-15)10-12-4-3-8-16-9-5-13-14-16/h5,9,12H,1-4,6-8,10H2. The van der Waals surface area contributed by atoms with Crippen molar-refractivity contribution in [2.75, 3.05) is 26.2 Å². The second-order valence-corrected chi connectivity index (χ2v) is 4.28. The summed E-state index contributed by atoms with van der Waals surface area (Å²) in [6, 6.07) is 0. The molecule has 6 nitrogen and oxygen atoms in total. The quantitative estimate of drug-likeness (QED) is 0.701. The van der Waals surface area contributed by atoms with E-state index in [1.807, 2.05) is 11.1 Å². The maximum atomic E-state index is 11.7. The summed E-state index contributed by atoms with van der Waals surface area (Å²) < 4.78 is 1.80. The highest BCUT2D eigenvalue weighted by Crippen LogP contribution is 2.06. The number of hydrogen-bond donors (Lipinski definition) is 1. The number of aryl methyl sites for hydroxylation is 1. The fourth-order valence-corrected chi connectivity index (χ4v) is 1.99. The molecule has 17 heavy (non-hydrogen) atoms. The van der Waals surface area contributed by atoms with Gasteiger partial charge in [0.1, 0.15) is 0 Å². The molecule has 0 bridgehead atoms. The number of amides is 1. The monoisotopic (exact) mass is 237 g/mol. The molecular formula is C11H19N5O. The number of carbonyl (C=O) groups is 1. The Morgan fingerprint density at radius 2 is 2.18 bits per heavy atom. The van der Waals surface area contributed by atoms with E-state index in [0.717, 1.165) is 45.4 Å². The Hall–Kier alpha value is -1.43. The largest absolute Gasteiger partial charge is 0.342 e. The van der Waals surface area contributed by atoms with Crippen LogP contribution in [0.25, 0.3) is 0 Å². The van der Waals surface area contributed by atoms with E-state index < -0.39 is 0 Å². The average Bonchev–Trinajstić information content (AvgIpc) is 3.01. The van der Waals surface area contributed by atoms with Gasteiger partial charge in [-0.15, -0.1) is 5.10 Å². The molecule has 0 aromatic carbocycles. The molecule has 2 heterocycles. The molecule has 1 aliphatic rings. The van der Waals surface area contributed by atoms with E-state index in [9.17, 15) is 4.79 Å². The van der Waals surface area contributed by atoms with E-state index in [-0.39, 0.29) is 5.91 Å². The first-order valence-electron chi connectivity index (χ1n) is 6.19. The van der Waals surface area contributed by atoms with Gasteiger partial charge < -0.3 is 10.2 Å². The maximum absolute atomic E-state index is 11.7. The van der Waals surface area contributed by atoms with Gasteiger partial charge in [-0.2, -0.15) is 0 Å². The van der Waals surface area contributed by atoms with Crippen molar-refractivity contribution in [3.8, 4) is 0 Å². The molecule has 0 radical (unpaired) electrons. The minimum Gasteiger partial charge on any atom is -0.342 e. The molecule has 6 heteroatoms. The van der Waals surface area contributed by atoms with Gasteiger partial charge in [-0.3, -0.25) is 9.48 Å². The Morgan fingerprint density at radius 3 is 2.88 bits per heavy atom. The molecule has 2 rings (SSSR count). The van der Waals surface area contributed by atoms with E-state index in [1.54, 1.807) is 10.9 Å². The summed E-state index contributed by atoms with van der Waals surface area (Å²) in [5.74, 6) is 0.225. The maximum Gasteiger partial charge on any atom is 0.236 e. The first kappa shape index (κ1) is 12.0. The molecule has 94 valence electrons. The minimum atomic E-state index is 0.225. The highest BCUT2D eigenvalue weighted by Gasteiger charge is 2.16. The third-order valence-corrected chi connectivity index (χ3v) is 2.95. The van der Waals surface area contributed by atoms with Crippen LogP contribution in [0.15, 0.2) is 12.4 Å². The smallest absolute Gasteiger partial charge is 0.236 e. The molecular weight excluding hydrogens is 218 g/mol. The molecule has 1 aromatic heterocycles. The van der Waals surface area contributed by atoms with Crippen LogP contribution >= 0.6 is 0 Å². The van der Waals surface area contributed by atoms with Crippen LogP contribution in [0.1, 0.15) is 19.3 Å². The lowest BCUT2D eigenvalue weighted by Gasteiger charge is -2.15. The summed E-state index contributed by atoms with van der Waals surface area (Å²) in [6.07, 6.45) is 6.77. The van der Waals surface area contributed by atoms with Crippen molar-refractivity contribution in [2.45, 2.75) is 25.8 Å². The lowest BCUT2D eigenvalue weighted by atomic mass is 10.4. The third-order valence-electron chi connectivity index (χ3n) is 2.95. The second kappa shape index (κ2) is 6.34. The molecule has 1 N–H and O–H groups in total. The Bertz CT molecular complexity index is 332. The number of nitrogens with one attached hydrogen (secondary N) is 1. The van der Waals surface area contributed by atoms with Crippen LogP contribution in [0.4, 0.5) is 0 Å². The zero-order valence-corrected chi connectivity index (χ0v) is 10.0. The van der Waals surface area contributed by atoms with Crippen molar-refractivity contribution in [3.05, 3.63) is 12.4 Å². The van der Waals surface area contributed by atoms with Crippen molar-refractivity contribution in [1.29, 1.82) is 0 Å².